The van der Waals surface area contributed by atoms with Gasteiger partial charge in [-0.15, -0.1) is 0 Å². The Morgan fingerprint density at radius 2 is 1.80 bits per heavy atom. The number of aromatic nitrogens is 5. The van der Waals surface area contributed by atoms with Crippen LogP contribution in [-0.4, -0.2) is 46.5 Å². The third-order valence-electron chi connectivity index (χ3n) is 6.95. The van der Waals surface area contributed by atoms with E-state index in [4.69, 9.17) is 5.73 Å². The average molecular weight is 558 g/mol. The predicted octanol–water partition coefficient (Wildman–Crippen LogP) is 3.83. The number of nitrogens with one attached hydrogen (secondary N) is 1. The van der Waals surface area contributed by atoms with E-state index in [2.05, 4.69) is 20.3 Å². The second-order valence-electron chi connectivity index (χ2n) is 12.5. The number of hydrogen-bond acceptors (Lipinski definition) is 8. The lowest BCUT2D eigenvalue weighted by Gasteiger charge is -2.26. The molecule has 1 aliphatic carbocycles. The third-order valence-corrected chi connectivity index (χ3v) is 6.95. The van der Waals surface area contributed by atoms with E-state index in [9.17, 15) is 19.5 Å². The van der Waals surface area contributed by atoms with E-state index in [0.29, 0.717) is 59.5 Å². The van der Waals surface area contributed by atoms with Crippen LogP contribution in [0.25, 0.3) is 22.2 Å². The Hall–Kier alpha value is -4.38. The molecular formula is C30H35N7O4. The van der Waals surface area contributed by atoms with E-state index < -0.39 is 17.1 Å². The maximum absolute atomic E-state index is 13.5. The molecule has 0 spiro atoms. The molecule has 41 heavy (non-hydrogen) atoms. The largest absolute Gasteiger partial charge is 0.389 e. The number of nitrogens with two attached hydrogens (primary N) is 1. The molecule has 0 fully saturated rings. The van der Waals surface area contributed by atoms with Crippen molar-refractivity contribution in [1.82, 2.24) is 24.1 Å². The Bertz CT molecular complexity index is 1720. The van der Waals surface area contributed by atoms with Crippen molar-refractivity contribution >= 4 is 34.4 Å². The van der Waals surface area contributed by atoms with E-state index >= 15 is 0 Å². The van der Waals surface area contributed by atoms with Gasteiger partial charge >= 0.3 is 0 Å². The number of carbonyl (C=O) groups excluding carboxylic acids is 2. The van der Waals surface area contributed by atoms with Crippen molar-refractivity contribution < 1.29 is 14.7 Å². The molecule has 0 atom stereocenters. The second kappa shape index (κ2) is 10.2. The molecule has 4 N–H and O–H groups in total. The highest BCUT2D eigenvalue weighted by Crippen LogP contribution is 2.33. The van der Waals surface area contributed by atoms with Crippen molar-refractivity contribution in [2.45, 2.75) is 72.6 Å². The minimum absolute atomic E-state index is 0.0579. The first-order valence-corrected chi connectivity index (χ1v) is 13.6. The van der Waals surface area contributed by atoms with Crippen LogP contribution in [0.2, 0.25) is 0 Å². The van der Waals surface area contributed by atoms with Gasteiger partial charge in [-0.05, 0) is 50.3 Å². The predicted molar refractivity (Wildman–Crippen MR) is 157 cm³/mol. The van der Waals surface area contributed by atoms with Crippen LogP contribution in [0.15, 0.2) is 41.7 Å². The summed E-state index contributed by atoms with van der Waals surface area (Å²) in [6.45, 7) is 10.1. The van der Waals surface area contributed by atoms with Gasteiger partial charge in [-0.2, -0.15) is 0 Å². The lowest BCUT2D eigenvalue weighted by molar-refractivity contribution is 0.0627. The van der Waals surface area contributed by atoms with Gasteiger partial charge in [0.25, 0.3) is 11.5 Å². The number of fused-ring (bicyclic) bond motifs is 2. The molecule has 214 valence electrons. The van der Waals surface area contributed by atoms with Crippen LogP contribution >= 0.6 is 0 Å². The van der Waals surface area contributed by atoms with E-state index in [1.54, 1.807) is 36.7 Å². The van der Waals surface area contributed by atoms with E-state index in [1.165, 1.54) is 12.4 Å². The van der Waals surface area contributed by atoms with Gasteiger partial charge in [-0.3, -0.25) is 14.4 Å². The molecule has 0 aliphatic heterocycles. The minimum Gasteiger partial charge on any atom is -0.389 e. The smallest absolute Gasteiger partial charge is 0.263 e. The molecule has 0 bridgehead atoms. The quantitative estimate of drug-likeness (QED) is 0.323. The van der Waals surface area contributed by atoms with Gasteiger partial charge in [-0.25, -0.2) is 15.0 Å². The highest BCUT2D eigenvalue weighted by atomic mass is 16.3. The van der Waals surface area contributed by atoms with Gasteiger partial charge in [0.05, 0.1) is 17.5 Å². The molecule has 1 aliphatic rings. The fourth-order valence-electron chi connectivity index (χ4n) is 5.28. The molecule has 0 saturated heterocycles. The molecule has 4 heterocycles. The Morgan fingerprint density at radius 3 is 2.46 bits per heavy atom. The molecule has 0 saturated carbocycles. The number of carbonyl (C=O) groups is 2. The van der Waals surface area contributed by atoms with Crippen LogP contribution < -0.4 is 16.6 Å². The molecule has 4 aromatic rings. The Labute approximate surface area is 237 Å². The number of Topliss-reactive ketones (excluding diaryl/α,β-unsaturated/α-hetero) is 1. The highest BCUT2D eigenvalue weighted by molar-refractivity contribution is 6.06. The summed E-state index contributed by atoms with van der Waals surface area (Å²) in [6, 6.07) is 4.83. The summed E-state index contributed by atoms with van der Waals surface area (Å²) >= 11 is 0. The SMILES string of the molecule is CC(C)(C)Cn1c2c(cc(C(=O)Nc3ccc(-c4cn(CC(C)(C)O)c5ncnc(N)c45)cn3)c1=O)C(=O)CCC2. The standard InChI is InChI=1S/C30H35N7O4/c1-29(2,3)14-37-21-7-6-8-22(38)18(21)11-19(28(37)40)27(39)35-23-10-9-17(12-32-23)20-13-36(15-30(4,5)41)26-24(20)25(31)33-16-34-26/h9-13,16,41H,6-8,14-15H2,1-5H3,(H2,31,33,34)(H,32,35,39). The minimum atomic E-state index is -0.984. The second-order valence-corrected chi connectivity index (χ2v) is 12.5. The van der Waals surface area contributed by atoms with Gasteiger partial charge in [0, 0.05) is 47.7 Å². The van der Waals surface area contributed by atoms with Crippen LogP contribution in [-0.2, 0) is 19.5 Å². The van der Waals surface area contributed by atoms with Crippen LogP contribution in [0, 0.1) is 5.41 Å². The molecule has 0 aromatic carbocycles. The highest BCUT2D eigenvalue weighted by Gasteiger charge is 2.28. The van der Waals surface area contributed by atoms with Gasteiger partial charge in [0.1, 0.15) is 29.2 Å². The summed E-state index contributed by atoms with van der Waals surface area (Å²) < 4.78 is 3.41. The maximum atomic E-state index is 13.5. The fraction of sp³-hybridized carbons (Fsp3) is 0.400. The summed E-state index contributed by atoms with van der Waals surface area (Å²) in [7, 11) is 0. The number of aliphatic hydroxyl groups is 1. The first-order chi connectivity index (χ1) is 19.2. The summed E-state index contributed by atoms with van der Waals surface area (Å²) in [6.07, 6.45) is 6.50. The topological polar surface area (TPSA) is 158 Å². The molecule has 5 rings (SSSR count). The number of pyridine rings is 2. The summed E-state index contributed by atoms with van der Waals surface area (Å²) in [5, 5.41) is 13.7. The number of nitrogens with zero attached hydrogens (tertiary/aromatic N) is 5. The van der Waals surface area contributed by atoms with Crippen molar-refractivity contribution in [2.24, 2.45) is 5.41 Å². The van der Waals surface area contributed by atoms with Crippen LogP contribution in [0.4, 0.5) is 11.6 Å². The number of hydrogen-bond donors (Lipinski definition) is 3. The summed E-state index contributed by atoms with van der Waals surface area (Å²) in [5.41, 5.74) is 7.63. The molecule has 11 heteroatoms. The summed E-state index contributed by atoms with van der Waals surface area (Å²) in [4.78, 5) is 52.4. The van der Waals surface area contributed by atoms with E-state index in [-0.39, 0.29) is 29.1 Å². The molecule has 4 aromatic heterocycles. The molecule has 0 unspecified atom stereocenters. The van der Waals surface area contributed by atoms with Crippen LogP contribution in [0.5, 0.6) is 0 Å². The number of nitrogen functional groups attached to an aromatic ring is 1. The van der Waals surface area contributed by atoms with Crippen LogP contribution in [0.3, 0.4) is 0 Å². The van der Waals surface area contributed by atoms with Crippen molar-refractivity contribution in [1.29, 1.82) is 0 Å². The summed E-state index contributed by atoms with van der Waals surface area (Å²) in [5.74, 6) is -0.143. The Morgan fingerprint density at radius 1 is 1.05 bits per heavy atom. The van der Waals surface area contributed by atoms with Gasteiger partial charge in [0.15, 0.2) is 5.78 Å². The molecule has 1 amide bonds. The zero-order chi connectivity index (χ0) is 29.7. The Balaban J connectivity index is 1.47. The number of rotatable bonds is 6. The first-order valence-electron chi connectivity index (χ1n) is 13.6. The lowest BCUT2D eigenvalue weighted by atomic mass is 9.91. The van der Waals surface area contributed by atoms with E-state index in [1.807, 2.05) is 31.5 Å². The monoisotopic (exact) mass is 557 g/mol. The van der Waals surface area contributed by atoms with Crippen molar-refractivity contribution in [3.05, 3.63) is 64.1 Å². The van der Waals surface area contributed by atoms with Gasteiger partial charge < -0.3 is 25.3 Å². The molecule has 0 radical (unpaired) electrons. The zero-order valence-electron chi connectivity index (χ0n) is 24.0. The fourth-order valence-corrected chi connectivity index (χ4v) is 5.28. The van der Waals surface area contributed by atoms with E-state index in [0.717, 1.165) is 5.56 Å². The van der Waals surface area contributed by atoms with Crippen LogP contribution in [0.1, 0.15) is 73.9 Å². The van der Waals surface area contributed by atoms with Gasteiger partial charge in [-0.1, -0.05) is 20.8 Å². The van der Waals surface area contributed by atoms with Crippen molar-refractivity contribution in [2.75, 3.05) is 11.1 Å². The van der Waals surface area contributed by atoms with Gasteiger partial charge in [0.2, 0.25) is 0 Å². The Kier molecular flexibility index (Phi) is 7.02. The zero-order valence-corrected chi connectivity index (χ0v) is 24.0. The number of anilines is 2. The number of amides is 1. The molecular weight excluding hydrogens is 522 g/mol. The average Bonchev–Trinajstić information content (AvgIpc) is 3.23. The maximum Gasteiger partial charge on any atom is 0.263 e. The third kappa shape index (κ3) is 5.76. The normalized spacial score (nSPS) is 13.9. The van der Waals surface area contributed by atoms with Crippen molar-refractivity contribution in [3.63, 3.8) is 0 Å². The van der Waals surface area contributed by atoms with Crippen molar-refractivity contribution in [3.8, 4) is 11.1 Å². The number of ketones is 1. The first kappa shape index (κ1) is 28.2. The molecule has 11 nitrogen and oxygen atoms in total. The lowest BCUT2D eigenvalue weighted by Crippen LogP contribution is -2.37.